The van der Waals surface area contributed by atoms with Gasteiger partial charge in [0.05, 0.1) is 10.7 Å². The normalized spacial score (nSPS) is 15.3. The molecule has 0 radical (unpaired) electrons. The minimum Gasteiger partial charge on any atom is -0.246 e. The van der Waals surface area contributed by atoms with Gasteiger partial charge in [-0.05, 0) is 25.7 Å². The molecular weight excluding hydrogens is 270 g/mol. The lowest BCUT2D eigenvalue weighted by molar-refractivity contribution is 0.340. The maximum Gasteiger partial charge on any atom is 0.0936 e. The molecule has 1 nitrogen and oxygen atoms in total. The van der Waals surface area contributed by atoms with E-state index in [9.17, 15) is 0 Å². The second-order valence-electron chi connectivity index (χ2n) is 4.62. The number of thiazole rings is 1. The Morgan fingerprint density at radius 3 is 2.47 bits per heavy atom. The van der Waals surface area contributed by atoms with Crippen LogP contribution in [-0.4, -0.2) is 10.3 Å². The standard InChI is InChI=1S/C12H20BrNS/c1-5-6-12(4,8-13)7-11-14-9(2)10(3)15-11/h5-8H2,1-4H3. The lowest BCUT2D eigenvalue weighted by atomic mass is 9.85. The van der Waals surface area contributed by atoms with Gasteiger partial charge in [-0.3, -0.25) is 0 Å². The smallest absolute Gasteiger partial charge is 0.0936 e. The van der Waals surface area contributed by atoms with Gasteiger partial charge in [-0.15, -0.1) is 11.3 Å². The quantitative estimate of drug-likeness (QED) is 0.727. The Kier molecular flexibility index (Phi) is 4.78. The van der Waals surface area contributed by atoms with Crippen molar-refractivity contribution >= 4 is 27.3 Å². The van der Waals surface area contributed by atoms with E-state index in [-0.39, 0.29) is 0 Å². The summed E-state index contributed by atoms with van der Waals surface area (Å²) in [6.45, 7) is 8.85. The van der Waals surface area contributed by atoms with E-state index in [2.05, 4.69) is 48.6 Å². The summed E-state index contributed by atoms with van der Waals surface area (Å²) >= 11 is 5.48. The number of hydrogen-bond donors (Lipinski definition) is 0. The molecule has 0 spiro atoms. The first-order chi connectivity index (χ1) is 7.00. The van der Waals surface area contributed by atoms with Crippen molar-refractivity contribution in [2.24, 2.45) is 5.41 Å². The Labute approximate surface area is 105 Å². The molecule has 0 saturated heterocycles. The third-order valence-electron chi connectivity index (χ3n) is 2.83. The number of alkyl halides is 1. The predicted molar refractivity (Wildman–Crippen MR) is 72.1 cm³/mol. The zero-order valence-corrected chi connectivity index (χ0v) is 12.5. The van der Waals surface area contributed by atoms with Crippen LogP contribution >= 0.6 is 27.3 Å². The SMILES string of the molecule is CCCC(C)(CBr)Cc1nc(C)c(C)s1. The molecule has 0 aliphatic heterocycles. The van der Waals surface area contributed by atoms with E-state index in [1.54, 1.807) is 0 Å². The van der Waals surface area contributed by atoms with Crippen LogP contribution in [0.1, 0.15) is 42.3 Å². The van der Waals surface area contributed by atoms with E-state index in [4.69, 9.17) is 0 Å². The summed E-state index contributed by atoms with van der Waals surface area (Å²) in [5.41, 5.74) is 1.56. The molecule has 0 amide bonds. The zero-order chi connectivity index (χ0) is 11.5. The minimum absolute atomic E-state index is 0.367. The maximum absolute atomic E-state index is 4.62. The summed E-state index contributed by atoms with van der Waals surface area (Å²) in [6.07, 6.45) is 3.60. The maximum atomic E-state index is 4.62. The van der Waals surface area contributed by atoms with Crippen LogP contribution in [0, 0.1) is 19.3 Å². The van der Waals surface area contributed by atoms with Crippen LogP contribution in [0.3, 0.4) is 0 Å². The van der Waals surface area contributed by atoms with Gasteiger partial charge in [-0.2, -0.15) is 0 Å². The van der Waals surface area contributed by atoms with Crippen molar-refractivity contribution in [3.8, 4) is 0 Å². The number of nitrogens with zero attached hydrogens (tertiary/aromatic N) is 1. The van der Waals surface area contributed by atoms with Crippen LogP contribution in [0.5, 0.6) is 0 Å². The van der Waals surface area contributed by atoms with Gasteiger partial charge in [0, 0.05) is 16.6 Å². The van der Waals surface area contributed by atoms with Gasteiger partial charge in [0.25, 0.3) is 0 Å². The summed E-state index contributed by atoms with van der Waals surface area (Å²) in [5.74, 6) is 0. The molecule has 86 valence electrons. The fraction of sp³-hybridized carbons (Fsp3) is 0.750. The van der Waals surface area contributed by atoms with Gasteiger partial charge in [0.2, 0.25) is 0 Å². The van der Waals surface area contributed by atoms with Gasteiger partial charge < -0.3 is 0 Å². The number of aryl methyl sites for hydroxylation is 2. The molecule has 0 aromatic carbocycles. The topological polar surface area (TPSA) is 12.9 Å². The molecule has 0 bridgehead atoms. The van der Waals surface area contributed by atoms with Gasteiger partial charge in [-0.1, -0.05) is 36.2 Å². The van der Waals surface area contributed by atoms with Crippen LogP contribution in [0.2, 0.25) is 0 Å². The second-order valence-corrected chi connectivity index (χ2v) is 6.47. The van der Waals surface area contributed by atoms with E-state index >= 15 is 0 Å². The largest absolute Gasteiger partial charge is 0.246 e. The number of hydrogen-bond acceptors (Lipinski definition) is 2. The number of rotatable bonds is 5. The first-order valence-electron chi connectivity index (χ1n) is 5.49. The second kappa shape index (κ2) is 5.44. The Bertz CT molecular complexity index is 302. The van der Waals surface area contributed by atoms with E-state index in [1.807, 2.05) is 11.3 Å². The highest BCUT2D eigenvalue weighted by Gasteiger charge is 2.24. The van der Waals surface area contributed by atoms with Crippen LogP contribution in [-0.2, 0) is 6.42 Å². The average Bonchev–Trinajstić information content (AvgIpc) is 2.46. The number of halogens is 1. The Morgan fingerprint density at radius 2 is 2.07 bits per heavy atom. The number of aromatic nitrogens is 1. The highest BCUT2D eigenvalue weighted by atomic mass is 79.9. The molecule has 1 heterocycles. The van der Waals surface area contributed by atoms with E-state index in [1.165, 1.54) is 28.4 Å². The molecule has 1 rings (SSSR count). The van der Waals surface area contributed by atoms with E-state index in [0.717, 1.165) is 11.8 Å². The predicted octanol–water partition coefficient (Wildman–Crippen LogP) is 4.50. The molecular formula is C12H20BrNS. The summed E-state index contributed by atoms with van der Waals surface area (Å²) in [7, 11) is 0. The monoisotopic (exact) mass is 289 g/mol. The molecule has 1 atom stereocenters. The van der Waals surface area contributed by atoms with Crippen molar-refractivity contribution in [1.82, 2.24) is 4.98 Å². The molecule has 1 aromatic heterocycles. The average molecular weight is 290 g/mol. The van der Waals surface area contributed by atoms with Crippen molar-refractivity contribution in [2.75, 3.05) is 5.33 Å². The molecule has 0 aliphatic carbocycles. The molecule has 0 N–H and O–H groups in total. The molecule has 0 fully saturated rings. The first kappa shape index (κ1) is 13.2. The highest BCUT2D eigenvalue weighted by molar-refractivity contribution is 9.09. The lowest BCUT2D eigenvalue weighted by Gasteiger charge is -2.25. The Morgan fingerprint density at radius 1 is 1.40 bits per heavy atom. The molecule has 0 aliphatic rings. The third-order valence-corrected chi connectivity index (χ3v) is 5.25. The minimum atomic E-state index is 0.367. The van der Waals surface area contributed by atoms with Crippen LogP contribution in [0.25, 0.3) is 0 Å². The molecule has 1 unspecified atom stereocenters. The van der Waals surface area contributed by atoms with Crippen molar-refractivity contribution in [3.05, 3.63) is 15.6 Å². The molecule has 1 aromatic rings. The van der Waals surface area contributed by atoms with Crippen LogP contribution in [0.4, 0.5) is 0 Å². The van der Waals surface area contributed by atoms with Crippen molar-refractivity contribution in [2.45, 2.75) is 47.0 Å². The van der Waals surface area contributed by atoms with Gasteiger partial charge in [0.1, 0.15) is 0 Å². The molecule has 0 saturated carbocycles. The fourth-order valence-electron chi connectivity index (χ4n) is 1.79. The lowest BCUT2D eigenvalue weighted by Crippen LogP contribution is -2.21. The van der Waals surface area contributed by atoms with Gasteiger partial charge in [0.15, 0.2) is 0 Å². The van der Waals surface area contributed by atoms with Crippen molar-refractivity contribution < 1.29 is 0 Å². The summed E-state index contributed by atoms with van der Waals surface area (Å²) in [5, 5.41) is 2.35. The summed E-state index contributed by atoms with van der Waals surface area (Å²) in [6, 6.07) is 0. The Balaban J connectivity index is 2.74. The van der Waals surface area contributed by atoms with Crippen LogP contribution < -0.4 is 0 Å². The molecule has 15 heavy (non-hydrogen) atoms. The highest BCUT2D eigenvalue weighted by Crippen LogP contribution is 2.32. The summed E-state index contributed by atoms with van der Waals surface area (Å²) < 4.78 is 0. The van der Waals surface area contributed by atoms with Gasteiger partial charge >= 0.3 is 0 Å². The van der Waals surface area contributed by atoms with E-state index < -0.39 is 0 Å². The van der Waals surface area contributed by atoms with Crippen LogP contribution in [0.15, 0.2) is 0 Å². The van der Waals surface area contributed by atoms with E-state index in [0.29, 0.717) is 5.41 Å². The van der Waals surface area contributed by atoms with Crippen molar-refractivity contribution in [3.63, 3.8) is 0 Å². The summed E-state index contributed by atoms with van der Waals surface area (Å²) in [4.78, 5) is 5.98. The molecule has 3 heteroatoms. The zero-order valence-electron chi connectivity index (χ0n) is 10.1. The Hall–Kier alpha value is 0.110. The van der Waals surface area contributed by atoms with Gasteiger partial charge in [-0.25, -0.2) is 4.98 Å². The first-order valence-corrected chi connectivity index (χ1v) is 7.43. The third kappa shape index (κ3) is 3.56. The fourth-order valence-corrected chi connectivity index (χ4v) is 3.41. The van der Waals surface area contributed by atoms with Crippen molar-refractivity contribution in [1.29, 1.82) is 0 Å².